The second-order valence-corrected chi connectivity index (χ2v) is 5.75. The Morgan fingerprint density at radius 2 is 1.70 bits per heavy atom. The van der Waals surface area contributed by atoms with Crippen LogP contribution in [0.4, 0.5) is 11.4 Å². The molecule has 0 bridgehead atoms. The Kier molecular flexibility index (Phi) is 3.64. The molecule has 2 nitrogen and oxygen atoms in total. The number of anilines is 2. The maximum atomic E-state index is 3.53. The Morgan fingerprint density at radius 3 is 2.45 bits per heavy atom. The third-order valence-corrected chi connectivity index (χ3v) is 4.05. The molecule has 0 radical (unpaired) electrons. The average molecular weight is 266 g/mol. The highest BCUT2D eigenvalue weighted by molar-refractivity contribution is 5.51. The summed E-state index contributed by atoms with van der Waals surface area (Å²) in [5.74, 6) is 0. The van der Waals surface area contributed by atoms with Gasteiger partial charge in [0.2, 0.25) is 0 Å². The van der Waals surface area contributed by atoms with Crippen LogP contribution < -0.4 is 10.2 Å². The number of aryl methyl sites for hydroxylation is 2. The van der Waals surface area contributed by atoms with Crippen molar-refractivity contribution in [1.82, 2.24) is 0 Å². The van der Waals surface area contributed by atoms with Crippen molar-refractivity contribution in [2.45, 2.75) is 25.8 Å². The van der Waals surface area contributed by atoms with Crippen LogP contribution in [0, 0.1) is 0 Å². The lowest BCUT2D eigenvalue weighted by Gasteiger charge is -2.13. The van der Waals surface area contributed by atoms with Crippen LogP contribution >= 0.6 is 0 Å². The zero-order valence-corrected chi connectivity index (χ0v) is 12.3. The Balaban J connectivity index is 1.64. The average Bonchev–Trinajstić information content (AvgIpc) is 2.93. The molecule has 0 saturated heterocycles. The highest BCUT2D eigenvalue weighted by Crippen LogP contribution is 2.25. The number of fused-ring (bicyclic) bond motifs is 1. The molecule has 2 heteroatoms. The van der Waals surface area contributed by atoms with E-state index < -0.39 is 0 Å². The van der Waals surface area contributed by atoms with Gasteiger partial charge in [0.15, 0.2) is 0 Å². The number of rotatable bonds is 4. The minimum atomic E-state index is 0.881. The molecule has 0 atom stereocenters. The molecule has 0 saturated carbocycles. The minimum absolute atomic E-state index is 0.881. The van der Waals surface area contributed by atoms with Gasteiger partial charge in [-0.3, -0.25) is 0 Å². The molecule has 2 aromatic carbocycles. The van der Waals surface area contributed by atoms with Crippen molar-refractivity contribution in [1.29, 1.82) is 0 Å². The van der Waals surface area contributed by atoms with Crippen molar-refractivity contribution >= 4 is 11.4 Å². The molecule has 2 aromatic rings. The molecular formula is C18H22N2. The summed E-state index contributed by atoms with van der Waals surface area (Å²) in [5.41, 5.74) is 6.86. The normalized spacial score (nSPS) is 13.1. The van der Waals surface area contributed by atoms with Gasteiger partial charge in [-0.2, -0.15) is 0 Å². The van der Waals surface area contributed by atoms with E-state index in [1.54, 1.807) is 0 Å². The van der Waals surface area contributed by atoms with Gasteiger partial charge in [0.05, 0.1) is 0 Å². The van der Waals surface area contributed by atoms with E-state index >= 15 is 0 Å². The van der Waals surface area contributed by atoms with Crippen LogP contribution in [0.5, 0.6) is 0 Å². The van der Waals surface area contributed by atoms with Crippen molar-refractivity contribution < 1.29 is 0 Å². The highest BCUT2D eigenvalue weighted by atomic mass is 15.1. The predicted molar refractivity (Wildman–Crippen MR) is 86.6 cm³/mol. The Morgan fingerprint density at radius 1 is 0.950 bits per heavy atom. The van der Waals surface area contributed by atoms with Crippen molar-refractivity contribution in [3.05, 3.63) is 59.2 Å². The zero-order chi connectivity index (χ0) is 13.9. The Labute approximate surface area is 121 Å². The van der Waals surface area contributed by atoms with Gasteiger partial charge in [0, 0.05) is 32.0 Å². The number of hydrogen-bond acceptors (Lipinski definition) is 2. The molecule has 0 aliphatic heterocycles. The van der Waals surface area contributed by atoms with Gasteiger partial charge in [-0.1, -0.05) is 18.2 Å². The lowest BCUT2D eigenvalue weighted by molar-refractivity contribution is 0.912. The summed E-state index contributed by atoms with van der Waals surface area (Å²) in [5, 5.41) is 3.53. The fourth-order valence-corrected chi connectivity index (χ4v) is 2.80. The molecule has 1 aliphatic carbocycles. The van der Waals surface area contributed by atoms with E-state index in [9.17, 15) is 0 Å². The van der Waals surface area contributed by atoms with Crippen LogP contribution in [-0.2, 0) is 19.4 Å². The van der Waals surface area contributed by atoms with Gasteiger partial charge in [-0.25, -0.2) is 0 Å². The summed E-state index contributed by atoms with van der Waals surface area (Å²) in [7, 11) is 4.13. The van der Waals surface area contributed by atoms with E-state index in [4.69, 9.17) is 0 Å². The minimum Gasteiger partial charge on any atom is -0.381 e. The van der Waals surface area contributed by atoms with Crippen molar-refractivity contribution in [3.8, 4) is 0 Å². The Hall–Kier alpha value is -1.96. The van der Waals surface area contributed by atoms with E-state index in [1.165, 1.54) is 47.3 Å². The summed E-state index contributed by atoms with van der Waals surface area (Å²) in [6.07, 6.45) is 3.80. The van der Waals surface area contributed by atoms with Gasteiger partial charge in [-0.15, -0.1) is 0 Å². The lowest BCUT2D eigenvalue weighted by atomic mass is 10.1. The lowest BCUT2D eigenvalue weighted by Crippen LogP contribution is -2.08. The molecule has 0 amide bonds. The first-order chi connectivity index (χ1) is 9.72. The van der Waals surface area contributed by atoms with E-state index in [0.717, 1.165) is 6.54 Å². The van der Waals surface area contributed by atoms with Crippen LogP contribution in [0.1, 0.15) is 23.1 Å². The molecule has 0 aromatic heterocycles. The molecular weight excluding hydrogens is 244 g/mol. The highest BCUT2D eigenvalue weighted by Gasteiger charge is 2.10. The molecule has 104 valence electrons. The largest absolute Gasteiger partial charge is 0.381 e. The van der Waals surface area contributed by atoms with Gasteiger partial charge < -0.3 is 10.2 Å². The van der Waals surface area contributed by atoms with Gasteiger partial charge in [0.1, 0.15) is 0 Å². The molecule has 0 fully saturated rings. The van der Waals surface area contributed by atoms with Crippen molar-refractivity contribution in [3.63, 3.8) is 0 Å². The number of benzene rings is 2. The SMILES string of the molecule is CN(C)c1ccc(CNc2ccc3c(c2)CCC3)cc1. The summed E-state index contributed by atoms with van der Waals surface area (Å²) in [4.78, 5) is 2.12. The van der Waals surface area contributed by atoms with E-state index in [0.29, 0.717) is 0 Å². The molecule has 3 rings (SSSR count). The topological polar surface area (TPSA) is 15.3 Å². The third kappa shape index (κ3) is 2.79. The monoisotopic (exact) mass is 266 g/mol. The van der Waals surface area contributed by atoms with Crippen LogP contribution in [0.15, 0.2) is 42.5 Å². The number of nitrogens with one attached hydrogen (secondary N) is 1. The fourth-order valence-electron chi connectivity index (χ4n) is 2.80. The van der Waals surface area contributed by atoms with Crippen molar-refractivity contribution in [2.24, 2.45) is 0 Å². The molecule has 0 unspecified atom stereocenters. The van der Waals surface area contributed by atoms with Crippen LogP contribution in [-0.4, -0.2) is 14.1 Å². The van der Waals surface area contributed by atoms with Crippen molar-refractivity contribution in [2.75, 3.05) is 24.3 Å². The molecule has 20 heavy (non-hydrogen) atoms. The molecule has 1 N–H and O–H groups in total. The van der Waals surface area contributed by atoms with E-state index in [1.807, 2.05) is 0 Å². The first-order valence-corrected chi connectivity index (χ1v) is 7.34. The molecule has 0 heterocycles. The van der Waals surface area contributed by atoms with Gasteiger partial charge in [-0.05, 0) is 60.2 Å². The summed E-state index contributed by atoms with van der Waals surface area (Å²) < 4.78 is 0. The summed E-state index contributed by atoms with van der Waals surface area (Å²) >= 11 is 0. The van der Waals surface area contributed by atoms with Crippen LogP contribution in [0.2, 0.25) is 0 Å². The standard InChI is InChI=1S/C18H22N2/c1-20(2)18-10-6-14(7-11-18)13-19-17-9-8-15-4-3-5-16(15)12-17/h6-12,19H,3-5,13H2,1-2H3. The summed E-state index contributed by atoms with van der Waals surface area (Å²) in [6, 6.07) is 15.5. The molecule has 0 spiro atoms. The summed E-state index contributed by atoms with van der Waals surface area (Å²) in [6.45, 7) is 0.881. The fraction of sp³-hybridized carbons (Fsp3) is 0.333. The number of nitrogens with zero attached hydrogens (tertiary/aromatic N) is 1. The number of hydrogen-bond donors (Lipinski definition) is 1. The third-order valence-electron chi connectivity index (χ3n) is 4.05. The van der Waals surface area contributed by atoms with E-state index in [-0.39, 0.29) is 0 Å². The van der Waals surface area contributed by atoms with Crippen LogP contribution in [0.25, 0.3) is 0 Å². The maximum Gasteiger partial charge on any atom is 0.0400 e. The zero-order valence-electron chi connectivity index (χ0n) is 12.3. The van der Waals surface area contributed by atoms with Crippen LogP contribution in [0.3, 0.4) is 0 Å². The molecule has 1 aliphatic rings. The first-order valence-electron chi connectivity index (χ1n) is 7.34. The van der Waals surface area contributed by atoms with Gasteiger partial charge in [0.25, 0.3) is 0 Å². The van der Waals surface area contributed by atoms with E-state index in [2.05, 4.69) is 66.8 Å². The second kappa shape index (κ2) is 5.58. The first kappa shape index (κ1) is 13.0. The Bertz CT molecular complexity index is 585. The van der Waals surface area contributed by atoms with Gasteiger partial charge >= 0.3 is 0 Å². The maximum absolute atomic E-state index is 3.53. The quantitative estimate of drug-likeness (QED) is 0.904. The predicted octanol–water partition coefficient (Wildman–Crippen LogP) is 3.85. The smallest absolute Gasteiger partial charge is 0.0400 e. The second-order valence-electron chi connectivity index (χ2n) is 5.75.